The quantitative estimate of drug-likeness (QED) is 0.334. The van der Waals surface area contributed by atoms with Crippen molar-refractivity contribution < 1.29 is 23.9 Å². The van der Waals surface area contributed by atoms with E-state index in [2.05, 4.69) is 26.1 Å². The molecule has 198 valence electrons. The van der Waals surface area contributed by atoms with Crippen molar-refractivity contribution >= 4 is 45.9 Å². The molecule has 0 saturated carbocycles. The van der Waals surface area contributed by atoms with Crippen LogP contribution in [0.15, 0.2) is 35.7 Å². The number of benzene rings is 1. The lowest BCUT2D eigenvalue weighted by molar-refractivity contribution is -0.137. The van der Waals surface area contributed by atoms with Crippen LogP contribution in [-0.2, 0) is 9.59 Å². The third-order valence-electron chi connectivity index (χ3n) is 6.90. The molecule has 0 bridgehead atoms. The maximum Gasteiger partial charge on any atom is 0.289 e. The zero-order chi connectivity index (χ0) is 26.6. The standard InChI is InChI=1S/C26H28N6O5S/c1-37-21-13-19(28-18-7-3-2-5-16(18)21)26(36)32-11-8-15(9-12-32)25-29-20(14-38-25)24(35)31-30-23(34)17-6-4-10-27-22(17)33/h2-3,5,7,13-15,17H,4,6,8-12H2,1H3,(H,27,33)(H,30,34)(H,31,35). The Morgan fingerprint density at radius 3 is 2.63 bits per heavy atom. The van der Waals surface area contributed by atoms with Crippen LogP contribution in [0.4, 0.5) is 0 Å². The van der Waals surface area contributed by atoms with Crippen molar-refractivity contribution in [3.8, 4) is 5.75 Å². The number of hydrogen-bond donors (Lipinski definition) is 3. The zero-order valence-corrected chi connectivity index (χ0v) is 21.7. The predicted octanol–water partition coefficient (Wildman–Crippen LogP) is 2.01. The van der Waals surface area contributed by atoms with Crippen LogP contribution in [0.2, 0.25) is 0 Å². The number of para-hydroxylation sites is 1. The first-order chi connectivity index (χ1) is 18.4. The molecule has 12 heteroatoms. The van der Waals surface area contributed by atoms with Crippen LogP contribution >= 0.6 is 11.3 Å². The van der Waals surface area contributed by atoms with E-state index in [0.29, 0.717) is 62.3 Å². The molecule has 4 amide bonds. The highest BCUT2D eigenvalue weighted by molar-refractivity contribution is 7.09. The van der Waals surface area contributed by atoms with Gasteiger partial charge >= 0.3 is 0 Å². The maximum absolute atomic E-state index is 13.2. The molecule has 11 nitrogen and oxygen atoms in total. The minimum absolute atomic E-state index is 0.116. The first-order valence-corrected chi connectivity index (χ1v) is 13.4. The second-order valence-corrected chi connectivity index (χ2v) is 10.2. The van der Waals surface area contributed by atoms with Crippen LogP contribution in [0.1, 0.15) is 57.6 Å². The maximum atomic E-state index is 13.2. The fourth-order valence-corrected chi connectivity index (χ4v) is 5.76. The smallest absolute Gasteiger partial charge is 0.289 e. The normalized spacial score (nSPS) is 18.1. The van der Waals surface area contributed by atoms with Gasteiger partial charge in [0.15, 0.2) is 0 Å². The molecule has 2 fully saturated rings. The Balaban J connectivity index is 1.16. The van der Waals surface area contributed by atoms with E-state index < -0.39 is 17.7 Å². The summed E-state index contributed by atoms with van der Waals surface area (Å²) in [6, 6.07) is 9.23. The van der Waals surface area contributed by atoms with Gasteiger partial charge in [0.25, 0.3) is 17.7 Å². The topological polar surface area (TPSA) is 143 Å². The third kappa shape index (κ3) is 5.30. The Labute approximate surface area is 222 Å². The molecule has 3 N–H and O–H groups in total. The number of hydrogen-bond acceptors (Lipinski definition) is 8. The predicted molar refractivity (Wildman–Crippen MR) is 140 cm³/mol. The van der Waals surface area contributed by atoms with Crippen LogP contribution in [0, 0.1) is 5.92 Å². The molecule has 1 unspecified atom stereocenters. The van der Waals surface area contributed by atoms with E-state index in [1.165, 1.54) is 11.3 Å². The highest BCUT2D eigenvalue weighted by Crippen LogP contribution is 2.32. The lowest BCUT2D eigenvalue weighted by Crippen LogP contribution is -2.50. The molecule has 0 spiro atoms. The second-order valence-electron chi connectivity index (χ2n) is 9.29. The number of pyridine rings is 1. The van der Waals surface area contributed by atoms with Crippen molar-refractivity contribution in [2.45, 2.75) is 31.6 Å². The number of aromatic nitrogens is 2. The van der Waals surface area contributed by atoms with Crippen LogP contribution in [-0.4, -0.2) is 65.2 Å². The van der Waals surface area contributed by atoms with Gasteiger partial charge in [0, 0.05) is 42.4 Å². The van der Waals surface area contributed by atoms with Crippen LogP contribution in [0.3, 0.4) is 0 Å². The average Bonchev–Trinajstić information content (AvgIpc) is 3.45. The minimum Gasteiger partial charge on any atom is -0.496 e. The summed E-state index contributed by atoms with van der Waals surface area (Å²) in [5.41, 5.74) is 5.93. The summed E-state index contributed by atoms with van der Waals surface area (Å²) in [5.74, 6) is -1.64. The van der Waals surface area contributed by atoms with E-state index in [-0.39, 0.29) is 23.4 Å². The number of rotatable bonds is 5. The number of hydrazine groups is 1. The molecule has 1 aromatic carbocycles. The van der Waals surface area contributed by atoms with Crippen LogP contribution in [0.25, 0.3) is 10.9 Å². The van der Waals surface area contributed by atoms with E-state index in [9.17, 15) is 19.2 Å². The van der Waals surface area contributed by atoms with Crippen molar-refractivity contribution in [1.29, 1.82) is 0 Å². The highest BCUT2D eigenvalue weighted by atomic mass is 32.1. The van der Waals surface area contributed by atoms with Gasteiger partial charge in [-0.15, -0.1) is 11.3 Å². The molecule has 2 aliphatic heterocycles. The Morgan fingerprint density at radius 2 is 1.87 bits per heavy atom. The first-order valence-electron chi connectivity index (χ1n) is 12.5. The van der Waals surface area contributed by atoms with Crippen LogP contribution in [0.5, 0.6) is 5.75 Å². The molecule has 2 saturated heterocycles. The highest BCUT2D eigenvalue weighted by Gasteiger charge is 2.30. The average molecular weight is 537 g/mol. The van der Waals surface area contributed by atoms with Gasteiger partial charge in [-0.25, -0.2) is 9.97 Å². The molecule has 5 rings (SSSR count). The summed E-state index contributed by atoms with van der Waals surface area (Å²) < 4.78 is 5.48. The molecule has 38 heavy (non-hydrogen) atoms. The monoisotopic (exact) mass is 536 g/mol. The fourth-order valence-electron chi connectivity index (χ4n) is 4.78. The number of nitrogens with zero attached hydrogens (tertiary/aromatic N) is 3. The number of nitrogens with one attached hydrogen (secondary N) is 3. The van der Waals surface area contributed by atoms with E-state index in [0.717, 1.165) is 10.4 Å². The Kier molecular flexibility index (Phi) is 7.50. The third-order valence-corrected chi connectivity index (χ3v) is 7.91. The SMILES string of the molecule is COc1cc(C(=O)N2CCC(c3nc(C(=O)NNC(=O)C4CCCNC4=O)cs3)CC2)nc2ccccc12. The summed E-state index contributed by atoms with van der Waals surface area (Å²) in [7, 11) is 1.58. The number of likely N-dealkylation sites (tertiary alicyclic amines) is 1. The second kappa shape index (κ2) is 11.1. The van der Waals surface area contributed by atoms with E-state index in [4.69, 9.17) is 4.74 Å². The number of piperidine rings is 2. The first kappa shape index (κ1) is 25.6. The Bertz CT molecular complexity index is 1380. The van der Waals surface area contributed by atoms with E-state index in [1.807, 2.05) is 24.3 Å². The molecule has 4 heterocycles. The number of carbonyl (C=O) groups is 4. The number of thiazole rings is 1. The largest absolute Gasteiger partial charge is 0.496 e. The van der Waals surface area contributed by atoms with Gasteiger partial charge in [-0.1, -0.05) is 12.1 Å². The number of ether oxygens (including phenoxy) is 1. The number of carbonyl (C=O) groups excluding carboxylic acids is 4. The van der Waals surface area contributed by atoms with Crippen molar-refractivity contribution in [3.05, 3.63) is 52.1 Å². The zero-order valence-electron chi connectivity index (χ0n) is 20.9. The summed E-state index contributed by atoms with van der Waals surface area (Å²) >= 11 is 1.38. The lowest BCUT2D eigenvalue weighted by Gasteiger charge is -2.31. The van der Waals surface area contributed by atoms with Gasteiger partial charge in [-0.3, -0.25) is 30.0 Å². The molecular weight excluding hydrogens is 508 g/mol. The summed E-state index contributed by atoms with van der Waals surface area (Å²) in [6.07, 6.45) is 2.57. The number of amides is 4. The van der Waals surface area contributed by atoms with Gasteiger partial charge < -0.3 is 15.0 Å². The minimum atomic E-state index is -0.811. The summed E-state index contributed by atoms with van der Waals surface area (Å²) in [4.78, 5) is 60.6. The summed E-state index contributed by atoms with van der Waals surface area (Å²) in [5, 5.41) is 5.96. The fraction of sp³-hybridized carbons (Fsp3) is 0.385. The van der Waals surface area contributed by atoms with Gasteiger partial charge in [0.2, 0.25) is 5.91 Å². The van der Waals surface area contributed by atoms with Crippen molar-refractivity contribution in [3.63, 3.8) is 0 Å². The molecule has 3 aromatic rings. The Morgan fingerprint density at radius 1 is 1.08 bits per heavy atom. The van der Waals surface area contributed by atoms with Gasteiger partial charge in [-0.2, -0.15) is 0 Å². The molecule has 2 aliphatic rings. The molecule has 0 aliphatic carbocycles. The number of methoxy groups -OCH3 is 1. The van der Waals surface area contributed by atoms with E-state index in [1.54, 1.807) is 23.5 Å². The van der Waals surface area contributed by atoms with Crippen molar-refractivity contribution in [1.82, 2.24) is 31.0 Å². The van der Waals surface area contributed by atoms with Gasteiger partial charge in [0.05, 0.1) is 17.6 Å². The molecule has 0 radical (unpaired) electrons. The summed E-state index contributed by atoms with van der Waals surface area (Å²) in [6.45, 7) is 1.64. The van der Waals surface area contributed by atoms with Gasteiger partial charge in [-0.05, 0) is 37.8 Å². The van der Waals surface area contributed by atoms with Crippen LogP contribution < -0.4 is 20.9 Å². The van der Waals surface area contributed by atoms with E-state index >= 15 is 0 Å². The molecular formula is C26H28N6O5S. The van der Waals surface area contributed by atoms with Crippen molar-refractivity contribution in [2.75, 3.05) is 26.7 Å². The molecule has 1 atom stereocenters. The Hall–Kier alpha value is -4.06. The van der Waals surface area contributed by atoms with Crippen molar-refractivity contribution in [2.24, 2.45) is 5.92 Å². The lowest BCUT2D eigenvalue weighted by atomic mass is 9.97. The molecule has 2 aromatic heterocycles. The van der Waals surface area contributed by atoms with Gasteiger partial charge in [0.1, 0.15) is 23.1 Å². The number of fused-ring (bicyclic) bond motifs is 1.